The lowest BCUT2D eigenvalue weighted by atomic mass is 9.80. The Morgan fingerprint density at radius 3 is 2.52 bits per heavy atom. The predicted molar refractivity (Wildman–Crippen MR) is 73.4 cm³/mol. The Morgan fingerprint density at radius 2 is 1.81 bits per heavy atom. The Morgan fingerprint density at radius 1 is 1.05 bits per heavy atom. The van der Waals surface area contributed by atoms with E-state index >= 15 is 0 Å². The van der Waals surface area contributed by atoms with E-state index in [1.54, 1.807) is 0 Å². The number of rotatable bonds is 0. The van der Waals surface area contributed by atoms with Gasteiger partial charge in [0.15, 0.2) is 0 Å². The van der Waals surface area contributed by atoms with Gasteiger partial charge in [-0.25, -0.2) is 0 Å². The Bertz CT molecular complexity index is 806. The quantitative estimate of drug-likeness (QED) is 0.728. The van der Waals surface area contributed by atoms with Crippen molar-refractivity contribution in [1.29, 1.82) is 15.8 Å². The highest BCUT2D eigenvalue weighted by Gasteiger charge is 2.91. The zero-order chi connectivity index (χ0) is 14.5. The molecule has 4 aliphatic carbocycles. The summed E-state index contributed by atoms with van der Waals surface area (Å²) in [5, 5.41) is 28.9. The molecule has 4 aliphatic rings. The average Bonchev–Trinajstić information content (AvgIpc) is 2.77. The van der Waals surface area contributed by atoms with Gasteiger partial charge >= 0.3 is 0 Å². The van der Waals surface area contributed by atoms with Gasteiger partial charge in [-0.1, -0.05) is 24.3 Å². The summed E-state index contributed by atoms with van der Waals surface area (Å²) in [4.78, 5) is 0. The molecule has 3 fully saturated rings. The first-order chi connectivity index (χ1) is 10.2. The maximum atomic E-state index is 9.98. The molecule has 1 spiro atoms. The van der Waals surface area contributed by atoms with Crippen molar-refractivity contribution >= 4 is 0 Å². The highest BCUT2D eigenvalue weighted by molar-refractivity contribution is 5.64. The van der Waals surface area contributed by atoms with Crippen LogP contribution >= 0.6 is 0 Å². The van der Waals surface area contributed by atoms with Crippen LogP contribution in [-0.2, 0) is 5.41 Å². The van der Waals surface area contributed by atoms with E-state index in [4.69, 9.17) is 0 Å². The standard InChI is InChI=1S/C18H13N3/c19-8-16(9-20)6-11-5-13-12-3-1-2-4-14(12)18(10-21)15(13)17(11,18)7-16/h1-4,11,13,15H,5-7H2. The SMILES string of the molecule is N#CC1(C#N)CC2CC3c4ccccc4C4(C#N)C3C24C1. The third-order valence-corrected chi connectivity index (χ3v) is 6.92. The lowest BCUT2D eigenvalue weighted by molar-refractivity contribution is 0.350. The molecule has 0 N–H and O–H groups in total. The molecule has 5 atom stereocenters. The van der Waals surface area contributed by atoms with Crippen molar-refractivity contribution in [1.82, 2.24) is 0 Å². The van der Waals surface area contributed by atoms with Crippen LogP contribution in [0.4, 0.5) is 0 Å². The first-order valence-electron chi connectivity index (χ1n) is 7.52. The number of benzene rings is 1. The smallest absolute Gasteiger partial charge is 0.144 e. The fraction of sp³-hybridized carbons (Fsp3) is 0.500. The van der Waals surface area contributed by atoms with Crippen molar-refractivity contribution in [2.24, 2.45) is 22.7 Å². The number of nitriles is 3. The molecule has 0 aromatic heterocycles. The molecule has 100 valence electrons. The van der Waals surface area contributed by atoms with Gasteiger partial charge < -0.3 is 0 Å². The molecule has 3 heteroatoms. The van der Waals surface area contributed by atoms with Gasteiger partial charge in [0, 0.05) is 5.41 Å². The van der Waals surface area contributed by atoms with Crippen LogP contribution in [0.25, 0.3) is 0 Å². The van der Waals surface area contributed by atoms with Crippen molar-refractivity contribution < 1.29 is 0 Å². The number of nitrogens with zero attached hydrogens (tertiary/aromatic N) is 3. The number of fused-ring (bicyclic) bond motifs is 3. The van der Waals surface area contributed by atoms with E-state index < -0.39 is 10.8 Å². The molecule has 1 aromatic carbocycles. The molecule has 0 heterocycles. The molecular formula is C18H13N3. The van der Waals surface area contributed by atoms with Crippen LogP contribution in [-0.4, -0.2) is 0 Å². The number of hydrogen-bond acceptors (Lipinski definition) is 3. The minimum Gasteiger partial charge on any atom is -0.197 e. The second-order valence-electron chi connectivity index (χ2n) is 7.25. The summed E-state index contributed by atoms with van der Waals surface area (Å²) in [7, 11) is 0. The molecular weight excluding hydrogens is 258 g/mol. The fourth-order valence-electron chi connectivity index (χ4n) is 6.46. The second-order valence-corrected chi connectivity index (χ2v) is 7.25. The zero-order valence-corrected chi connectivity index (χ0v) is 11.5. The summed E-state index contributed by atoms with van der Waals surface area (Å²) in [5.74, 6) is 1.18. The average molecular weight is 271 g/mol. The Kier molecular flexibility index (Phi) is 1.61. The molecule has 3 nitrogen and oxygen atoms in total. The van der Waals surface area contributed by atoms with Crippen LogP contribution in [0.1, 0.15) is 36.3 Å². The molecule has 0 saturated heterocycles. The Labute approximate surface area is 123 Å². The van der Waals surface area contributed by atoms with Crippen LogP contribution in [0.5, 0.6) is 0 Å². The van der Waals surface area contributed by atoms with Crippen LogP contribution < -0.4 is 0 Å². The van der Waals surface area contributed by atoms with E-state index in [2.05, 4.69) is 36.4 Å². The van der Waals surface area contributed by atoms with Gasteiger partial charge in [-0.3, -0.25) is 0 Å². The third kappa shape index (κ3) is 0.847. The largest absolute Gasteiger partial charge is 0.197 e. The summed E-state index contributed by atoms with van der Waals surface area (Å²) in [6.07, 6.45) is 2.31. The molecule has 0 aliphatic heterocycles. The topological polar surface area (TPSA) is 71.4 Å². The van der Waals surface area contributed by atoms with Gasteiger partial charge in [0.05, 0.1) is 23.6 Å². The van der Waals surface area contributed by atoms with E-state index in [0.717, 1.165) is 6.42 Å². The van der Waals surface area contributed by atoms with Crippen LogP contribution in [0, 0.1) is 56.7 Å². The monoisotopic (exact) mass is 271 g/mol. The van der Waals surface area contributed by atoms with E-state index in [-0.39, 0.29) is 5.41 Å². The zero-order valence-electron chi connectivity index (χ0n) is 11.5. The summed E-state index contributed by atoms with van der Waals surface area (Å²) in [6, 6.07) is 15.5. The maximum Gasteiger partial charge on any atom is 0.144 e. The van der Waals surface area contributed by atoms with Gasteiger partial charge in [-0.05, 0) is 48.1 Å². The second kappa shape index (κ2) is 2.98. The van der Waals surface area contributed by atoms with Crippen molar-refractivity contribution in [2.75, 3.05) is 0 Å². The number of hydrogen-bond donors (Lipinski definition) is 0. The Hall–Kier alpha value is -2.31. The normalized spacial score (nSPS) is 45.7. The maximum absolute atomic E-state index is 9.98. The van der Waals surface area contributed by atoms with Crippen molar-refractivity contribution in [2.45, 2.75) is 30.6 Å². The molecule has 0 radical (unpaired) electrons. The van der Waals surface area contributed by atoms with Crippen molar-refractivity contribution in [3.05, 3.63) is 35.4 Å². The third-order valence-electron chi connectivity index (χ3n) is 6.92. The molecule has 21 heavy (non-hydrogen) atoms. The van der Waals surface area contributed by atoms with Gasteiger partial charge in [0.1, 0.15) is 5.41 Å². The minimum atomic E-state index is -0.862. The summed E-state index contributed by atoms with van der Waals surface area (Å²) in [6.45, 7) is 0. The highest BCUT2D eigenvalue weighted by Crippen LogP contribution is 2.91. The lowest BCUT2D eigenvalue weighted by Gasteiger charge is -2.20. The fourth-order valence-corrected chi connectivity index (χ4v) is 6.46. The van der Waals surface area contributed by atoms with Crippen molar-refractivity contribution in [3.63, 3.8) is 0 Å². The van der Waals surface area contributed by atoms with E-state index in [1.165, 1.54) is 11.1 Å². The molecule has 5 unspecified atom stereocenters. The van der Waals surface area contributed by atoms with E-state index in [1.807, 2.05) is 6.07 Å². The molecule has 3 saturated carbocycles. The molecule has 1 aromatic rings. The first-order valence-corrected chi connectivity index (χ1v) is 7.52. The molecule has 0 amide bonds. The summed E-state index contributed by atoms with van der Waals surface area (Å²) in [5.41, 5.74) is 1.18. The van der Waals surface area contributed by atoms with Crippen LogP contribution in [0.15, 0.2) is 24.3 Å². The van der Waals surface area contributed by atoms with E-state index in [0.29, 0.717) is 30.6 Å². The predicted octanol–water partition coefficient (Wildman–Crippen LogP) is 3.01. The molecule has 5 rings (SSSR count). The minimum absolute atomic E-state index is 0.0910. The van der Waals surface area contributed by atoms with Gasteiger partial charge in [-0.2, -0.15) is 15.8 Å². The summed E-state index contributed by atoms with van der Waals surface area (Å²) < 4.78 is 0. The highest BCUT2D eigenvalue weighted by atomic mass is 14.9. The van der Waals surface area contributed by atoms with Gasteiger partial charge in [0.25, 0.3) is 0 Å². The lowest BCUT2D eigenvalue weighted by Crippen LogP contribution is -2.20. The summed E-state index contributed by atoms with van der Waals surface area (Å²) >= 11 is 0. The molecule has 0 bridgehead atoms. The Balaban J connectivity index is 1.74. The van der Waals surface area contributed by atoms with Gasteiger partial charge in [-0.15, -0.1) is 0 Å². The van der Waals surface area contributed by atoms with Gasteiger partial charge in [0.2, 0.25) is 0 Å². The van der Waals surface area contributed by atoms with Crippen molar-refractivity contribution in [3.8, 4) is 18.2 Å². The first kappa shape index (κ1) is 11.4. The van der Waals surface area contributed by atoms with E-state index in [9.17, 15) is 15.8 Å². The van der Waals surface area contributed by atoms with Crippen LogP contribution in [0.2, 0.25) is 0 Å². The van der Waals surface area contributed by atoms with Crippen LogP contribution in [0.3, 0.4) is 0 Å².